The predicted molar refractivity (Wildman–Crippen MR) is 105 cm³/mol. The van der Waals surface area contributed by atoms with Gasteiger partial charge in [0.15, 0.2) is 0 Å². The van der Waals surface area contributed by atoms with Crippen molar-refractivity contribution < 1.29 is 26.7 Å². The Balaban J connectivity index is 1.79. The number of benzene rings is 2. The maximum atomic E-state index is 13.0. The lowest BCUT2D eigenvalue weighted by molar-refractivity contribution is -0.116. The van der Waals surface area contributed by atoms with Gasteiger partial charge >= 0.3 is 6.61 Å². The Morgan fingerprint density at radius 1 is 1.21 bits per heavy atom. The van der Waals surface area contributed by atoms with Crippen LogP contribution in [-0.2, 0) is 27.8 Å². The molecule has 0 fully saturated rings. The number of alkyl halides is 2. The lowest BCUT2D eigenvalue weighted by Crippen LogP contribution is -2.34. The van der Waals surface area contributed by atoms with Crippen LogP contribution in [0.15, 0.2) is 47.4 Å². The number of aryl methyl sites for hydroxylation is 1. The number of carbonyl (C=O) groups is 1. The van der Waals surface area contributed by atoms with Crippen molar-refractivity contribution >= 4 is 21.6 Å². The van der Waals surface area contributed by atoms with Gasteiger partial charge in [0, 0.05) is 32.7 Å². The minimum atomic E-state index is -3.76. The van der Waals surface area contributed by atoms with Gasteiger partial charge in [-0.15, -0.1) is 0 Å². The highest BCUT2D eigenvalue weighted by Crippen LogP contribution is 2.30. The Morgan fingerprint density at radius 2 is 1.90 bits per heavy atom. The van der Waals surface area contributed by atoms with Crippen molar-refractivity contribution in [1.82, 2.24) is 4.31 Å². The highest BCUT2D eigenvalue weighted by atomic mass is 32.2. The van der Waals surface area contributed by atoms with E-state index >= 15 is 0 Å². The topological polar surface area (TPSA) is 66.9 Å². The molecule has 0 saturated heterocycles. The molecule has 0 N–H and O–H groups in total. The van der Waals surface area contributed by atoms with Crippen molar-refractivity contribution in [3.05, 3.63) is 53.6 Å². The molecule has 156 valence electrons. The molecular weight excluding hydrogens is 402 g/mol. The first-order valence-electron chi connectivity index (χ1n) is 9.09. The van der Waals surface area contributed by atoms with Crippen molar-refractivity contribution in [2.45, 2.75) is 37.8 Å². The van der Waals surface area contributed by atoms with E-state index < -0.39 is 16.6 Å². The maximum absolute atomic E-state index is 13.0. The average molecular weight is 424 g/mol. The van der Waals surface area contributed by atoms with E-state index in [1.165, 1.54) is 36.5 Å². The third-order valence-corrected chi connectivity index (χ3v) is 6.61. The van der Waals surface area contributed by atoms with E-state index in [9.17, 15) is 22.0 Å². The summed E-state index contributed by atoms with van der Waals surface area (Å²) in [5, 5.41) is 0. The Hall–Kier alpha value is -2.52. The molecule has 1 aliphatic heterocycles. The monoisotopic (exact) mass is 424 g/mol. The first kappa shape index (κ1) is 21.2. The second-order valence-electron chi connectivity index (χ2n) is 6.85. The van der Waals surface area contributed by atoms with Crippen LogP contribution in [0.5, 0.6) is 5.75 Å². The summed E-state index contributed by atoms with van der Waals surface area (Å²) in [5.41, 5.74) is 2.22. The lowest BCUT2D eigenvalue weighted by Gasteiger charge is -2.29. The quantitative estimate of drug-likeness (QED) is 0.713. The van der Waals surface area contributed by atoms with Gasteiger partial charge in [0.1, 0.15) is 5.75 Å². The molecule has 1 heterocycles. The normalized spacial score (nSPS) is 14.2. The molecule has 0 aliphatic carbocycles. The zero-order valence-corrected chi connectivity index (χ0v) is 17.0. The van der Waals surface area contributed by atoms with Crippen LogP contribution in [0.3, 0.4) is 0 Å². The second kappa shape index (κ2) is 8.46. The van der Waals surface area contributed by atoms with Crippen LogP contribution in [0.2, 0.25) is 0 Å². The molecule has 0 unspecified atom stereocenters. The molecule has 0 saturated carbocycles. The molecule has 3 rings (SSSR count). The van der Waals surface area contributed by atoms with Gasteiger partial charge in [0.25, 0.3) is 0 Å². The number of anilines is 1. The third kappa shape index (κ3) is 4.73. The minimum Gasteiger partial charge on any atom is -0.435 e. The SMILES string of the molecule is CC(=O)N1CCCc2cc(S(=O)(=O)N(C)Cc3ccc(OC(F)F)cc3)ccc21. The fraction of sp³-hybridized carbons (Fsp3) is 0.350. The van der Waals surface area contributed by atoms with E-state index in [0.717, 1.165) is 17.7 Å². The molecule has 0 bridgehead atoms. The smallest absolute Gasteiger partial charge is 0.387 e. The number of sulfonamides is 1. The summed E-state index contributed by atoms with van der Waals surface area (Å²) in [4.78, 5) is 13.6. The summed E-state index contributed by atoms with van der Waals surface area (Å²) in [6.07, 6.45) is 1.48. The zero-order valence-electron chi connectivity index (χ0n) is 16.1. The van der Waals surface area contributed by atoms with Crippen LogP contribution in [-0.4, -0.2) is 38.8 Å². The summed E-state index contributed by atoms with van der Waals surface area (Å²) in [7, 11) is -2.30. The summed E-state index contributed by atoms with van der Waals surface area (Å²) < 4.78 is 55.9. The first-order chi connectivity index (χ1) is 13.7. The van der Waals surface area contributed by atoms with Crippen molar-refractivity contribution in [1.29, 1.82) is 0 Å². The van der Waals surface area contributed by atoms with Crippen LogP contribution in [0.25, 0.3) is 0 Å². The summed E-state index contributed by atoms with van der Waals surface area (Å²) in [5.74, 6) is -0.0584. The number of fused-ring (bicyclic) bond motifs is 1. The Labute approximate surface area is 168 Å². The van der Waals surface area contributed by atoms with Crippen molar-refractivity contribution in [2.24, 2.45) is 0 Å². The molecule has 29 heavy (non-hydrogen) atoms. The van der Waals surface area contributed by atoms with Gasteiger partial charge in [-0.3, -0.25) is 4.79 Å². The number of nitrogens with zero attached hydrogens (tertiary/aromatic N) is 2. The standard InChI is InChI=1S/C20H22F2N2O4S/c1-14(25)24-11-3-4-16-12-18(9-10-19(16)24)29(26,27)23(2)13-15-5-7-17(8-6-15)28-20(21)22/h5-10,12,20H,3-4,11,13H2,1-2H3. The molecule has 2 aromatic rings. The van der Waals surface area contributed by atoms with Crippen LogP contribution in [0, 0.1) is 0 Å². The van der Waals surface area contributed by atoms with Gasteiger partial charge in [-0.1, -0.05) is 12.1 Å². The average Bonchev–Trinajstić information content (AvgIpc) is 2.68. The van der Waals surface area contributed by atoms with Gasteiger partial charge in [-0.25, -0.2) is 8.42 Å². The van der Waals surface area contributed by atoms with Gasteiger partial charge in [0.2, 0.25) is 15.9 Å². The summed E-state index contributed by atoms with van der Waals surface area (Å²) in [6.45, 7) is -0.717. The lowest BCUT2D eigenvalue weighted by atomic mass is 10.0. The number of amides is 1. The Kier molecular flexibility index (Phi) is 6.18. The van der Waals surface area contributed by atoms with E-state index in [2.05, 4.69) is 4.74 Å². The maximum Gasteiger partial charge on any atom is 0.387 e. The van der Waals surface area contributed by atoms with E-state index in [-0.39, 0.29) is 23.1 Å². The molecule has 0 atom stereocenters. The molecule has 9 heteroatoms. The van der Waals surface area contributed by atoms with E-state index in [1.54, 1.807) is 29.2 Å². The Morgan fingerprint density at radius 3 is 2.52 bits per heavy atom. The summed E-state index contributed by atoms with van der Waals surface area (Å²) >= 11 is 0. The van der Waals surface area contributed by atoms with Gasteiger partial charge < -0.3 is 9.64 Å². The molecular formula is C20H22F2N2O4S. The van der Waals surface area contributed by atoms with Crippen LogP contribution >= 0.6 is 0 Å². The predicted octanol–water partition coefficient (Wildman–Crippen LogP) is 3.41. The highest BCUT2D eigenvalue weighted by Gasteiger charge is 2.25. The fourth-order valence-corrected chi connectivity index (χ4v) is 4.57. The van der Waals surface area contributed by atoms with E-state index in [4.69, 9.17) is 0 Å². The molecule has 0 radical (unpaired) electrons. The van der Waals surface area contributed by atoms with E-state index in [0.29, 0.717) is 18.5 Å². The molecule has 1 aliphatic rings. The number of rotatable bonds is 6. The molecule has 6 nitrogen and oxygen atoms in total. The van der Waals surface area contributed by atoms with Gasteiger partial charge in [0.05, 0.1) is 4.90 Å². The Bertz CT molecular complexity index is 994. The van der Waals surface area contributed by atoms with Crippen molar-refractivity contribution in [2.75, 3.05) is 18.5 Å². The van der Waals surface area contributed by atoms with Crippen LogP contribution in [0.4, 0.5) is 14.5 Å². The molecule has 2 aromatic carbocycles. The number of halogens is 2. The van der Waals surface area contributed by atoms with Crippen molar-refractivity contribution in [3.63, 3.8) is 0 Å². The van der Waals surface area contributed by atoms with E-state index in [1.807, 2.05) is 0 Å². The fourth-order valence-electron chi connectivity index (χ4n) is 3.36. The molecule has 1 amide bonds. The number of hydrogen-bond acceptors (Lipinski definition) is 4. The molecule has 0 spiro atoms. The van der Waals surface area contributed by atoms with Crippen LogP contribution < -0.4 is 9.64 Å². The highest BCUT2D eigenvalue weighted by molar-refractivity contribution is 7.89. The summed E-state index contributed by atoms with van der Waals surface area (Å²) in [6, 6.07) is 10.6. The van der Waals surface area contributed by atoms with Gasteiger partial charge in [-0.2, -0.15) is 13.1 Å². The number of ether oxygens (including phenoxy) is 1. The third-order valence-electron chi connectivity index (χ3n) is 4.81. The van der Waals surface area contributed by atoms with Gasteiger partial charge in [-0.05, 0) is 54.3 Å². The van der Waals surface area contributed by atoms with Crippen molar-refractivity contribution in [3.8, 4) is 5.75 Å². The first-order valence-corrected chi connectivity index (χ1v) is 10.5. The zero-order chi connectivity index (χ0) is 21.2. The largest absolute Gasteiger partial charge is 0.435 e. The number of hydrogen-bond donors (Lipinski definition) is 0. The minimum absolute atomic E-state index is 0.0129. The second-order valence-corrected chi connectivity index (χ2v) is 8.89. The molecule has 0 aromatic heterocycles. The number of carbonyl (C=O) groups excluding carboxylic acids is 1. The van der Waals surface area contributed by atoms with Crippen LogP contribution in [0.1, 0.15) is 24.5 Å².